The number of likely N-dealkylation sites (N-methyl/N-ethyl adjacent to an activating group) is 1. The van der Waals surface area contributed by atoms with Crippen molar-refractivity contribution in [3.05, 3.63) is 45.8 Å². The molecule has 0 radical (unpaired) electrons. The highest BCUT2D eigenvalue weighted by atomic mass is 35.5. The Morgan fingerprint density at radius 2 is 2.21 bits per heavy atom. The van der Waals surface area contributed by atoms with Crippen molar-refractivity contribution in [1.82, 2.24) is 20.1 Å². The Labute approximate surface area is 196 Å². The monoisotopic (exact) mass is 493 g/mol. The van der Waals surface area contributed by atoms with E-state index >= 15 is 0 Å². The lowest BCUT2D eigenvalue weighted by atomic mass is 9.86. The second kappa shape index (κ2) is 9.82. The summed E-state index contributed by atoms with van der Waals surface area (Å²) < 4.78 is 30.4. The van der Waals surface area contributed by atoms with Crippen LogP contribution in [0.2, 0.25) is 5.15 Å². The number of ether oxygens (including phenoxy) is 1. The number of hydrogen-bond donors (Lipinski definition) is 2. The summed E-state index contributed by atoms with van der Waals surface area (Å²) in [7, 11) is 1.56. The molecule has 33 heavy (non-hydrogen) atoms. The first-order valence-corrected chi connectivity index (χ1v) is 11.1. The van der Waals surface area contributed by atoms with Gasteiger partial charge in [-0.15, -0.1) is 10.2 Å². The number of pyridine rings is 1. The molecule has 1 atom stereocenters. The number of nitrogens with zero attached hydrogens (tertiary/aromatic N) is 4. The van der Waals surface area contributed by atoms with Crippen LogP contribution in [0.25, 0.3) is 5.57 Å². The van der Waals surface area contributed by atoms with Gasteiger partial charge in [0.1, 0.15) is 11.4 Å². The van der Waals surface area contributed by atoms with E-state index in [-0.39, 0.29) is 32.7 Å². The number of rotatable bonds is 5. The third kappa shape index (κ3) is 5.47. The minimum atomic E-state index is -3.11. The van der Waals surface area contributed by atoms with Crippen LogP contribution >= 0.6 is 22.9 Å². The Balaban J connectivity index is 1.60. The number of aliphatic hydroxyl groups excluding tert-OH is 1. The van der Waals surface area contributed by atoms with Gasteiger partial charge in [0.15, 0.2) is 10.8 Å². The summed E-state index contributed by atoms with van der Waals surface area (Å²) in [5, 5.41) is 21.5. The van der Waals surface area contributed by atoms with Gasteiger partial charge in [-0.3, -0.25) is 10.1 Å². The molecule has 3 heterocycles. The summed E-state index contributed by atoms with van der Waals surface area (Å²) >= 11 is 7.08. The highest BCUT2D eigenvalue weighted by Gasteiger charge is 2.28. The minimum absolute atomic E-state index is 0.0132. The summed E-state index contributed by atoms with van der Waals surface area (Å²) in [6.07, 6.45) is 5.96. The normalized spacial score (nSPS) is 18.1. The average molecular weight is 494 g/mol. The van der Waals surface area contributed by atoms with Gasteiger partial charge in [-0.1, -0.05) is 35.3 Å². The molecule has 172 valence electrons. The summed E-state index contributed by atoms with van der Waals surface area (Å²) in [6.45, 7) is -3.11. The van der Waals surface area contributed by atoms with Crippen molar-refractivity contribution >= 4 is 39.5 Å². The van der Waals surface area contributed by atoms with Crippen molar-refractivity contribution in [2.45, 2.75) is 32.1 Å². The Bertz CT molecular complexity index is 1190. The van der Waals surface area contributed by atoms with E-state index in [0.717, 1.165) is 30.4 Å². The Kier molecular flexibility index (Phi) is 6.88. The number of aromatic nitrogens is 3. The van der Waals surface area contributed by atoms with Gasteiger partial charge in [0.05, 0.1) is 6.20 Å². The van der Waals surface area contributed by atoms with E-state index in [2.05, 4.69) is 37.1 Å². The van der Waals surface area contributed by atoms with E-state index in [9.17, 15) is 18.7 Å². The second-order valence-corrected chi connectivity index (χ2v) is 8.71. The van der Waals surface area contributed by atoms with Gasteiger partial charge in [0.2, 0.25) is 5.13 Å². The maximum absolute atomic E-state index is 13.1. The highest BCUT2D eigenvalue weighted by molar-refractivity contribution is 7.15. The Morgan fingerprint density at radius 1 is 1.42 bits per heavy atom. The van der Waals surface area contributed by atoms with Crippen molar-refractivity contribution in [2.24, 2.45) is 5.92 Å². The van der Waals surface area contributed by atoms with E-state index < -0.39 is 18.7 Å². The largest absolute Gasteiger partial charge is 0.433 e. The highest BCUT2D eigenvalue weighted by Crippen LogP contribution is 2.36. The number of carbonyl (C=O) groups excluding carboxylic acids is 1. The van der Waals surface area contributed by atoms with Gasteiger partial charge in [-0.05, 0) is 30.9 Å². The number of amides is 1. The first-order valence-electron chi connectivity index (χ1n) is 9.91. The Hall–Kier alpha value is -3.07. The van der Waals surface area contributed by atoms with Crippen molar-refractivity contribution < 1.29 is 23.4 Å². The number of aliphatic hydroxyl groups is 1. The minimum Gasteiger partial charge on any atom is -0.433 e. The second-order valence-electron chi connectivity index (χ2n) is 7.35. The summed E-state index contributed by atoms with van der Waals surface area (Å²) in [5.74, 6) is 5.57. The SMILES string of the molecule is CN1C=C(c2cc(Cl)ncc2OC(F)F)C(C(=O)Nc2nnc(C#CC3CCC3)s2)=CC1O. The molecule has 1 amide bonds. The molecule has 1 fully saturated rings. The van der Waals surface area contributed by atoms with E-state index in [1.54, 1.807) is 7.05 Å². The number of halogens is 3. The molecule has 8 nitrogen and oxygen atoms in total. The first-order chi connectivity index (χ1) is 15.8. The molecule has 0 aromatic carbocycles. The van der Waals surface area contributed by atoms with Crippen molar-refractivity contribution in [1.29, 1.82) is 0 Å². The van der Waals surface area contributed by atoms with Gasteiger partial charge >= 0.3 is 6.61 Å². The molecule has 1 saturated carbocycles. The van der Waals surface area contributed by atoms with Crippen molar-refractivity contribution in [2.75, 3.05) is 12.4 Å². The lowest BCUT2D eigenvalue weighted by Gasteiger charge is -2.28. The number of hydrogen-bond acceptors (Lipinski definition) is 8. The van der Waals surface area contributed by atoms with Crippen LogP contribution in [-0.4, -0.2) is 51.0 Å². The lowest BCUT2D eigenvalue weighted by molar-refractivity contribution is -0.112. The zero-order chi connectivity index (χ0) is 23.5. The van der Waals surface area contributed by atoms with Gasteiger partial charge in [0, 0.05) is 35.9 Å². The van der Waals surface area contributed by atoms with E-state index in [4.69, 9.17) is 11.6 Å². The fourth-order valence-corrected chi connectivity index (χ4v) is 3.90. The third-order valence-electron chi connectivity index (χ3n) is 5.07. The fraction of sp³-hybridized carbons (Fsp3) is 0.333. The van der Waals surface area contributed by atoms with Crippen LogP contribution in [0.15, 0.2) is 30.1 Å². The van der Waals surface area contributed by atoms with Crippen LogP contribution in [0, 0.1) is 17.8 Å². The molecule has 2 aliphatic rings. The van der Waals surface area contributed by atoms with Gasteiger partial charge in [-0.2, -0.15) is 8.78 Å². The predicted octanol–water partition coefficient (Wildman–Crippen LogP) is 3.51. The molecular weight excluding hydrogens is 476 g/mol. The maximum Gasteiger partial charge on any atom is 0.387 e. The fourth-order valence-electron chi connectivity index (χ4n) is 3.14. The number of carbonyl (C=O) groups is 1. The number of anilines is 1. The molecule has 0 bridgehead atoms. The maximum atomic E-state index is 13.1. The predicted molar refractivity (Wildman–Crippen MR) is 118 cm³/mol. The molecule has 2 aromatic heterocycles. The molecule has 4 rings (SSSR count). The van der Waals surface area contributed by atoms with Crippen molar-refractivity contribution in [3.63, 3.8) is 0 Å². The average Bonchev–Trinajstić information content (AvgIpc) is 3.16. The molecule has 2 N–H and O–H groups in total. The third-order valence-corrected chi connectivity index (χ3v) is 6.04. The van der Waals surface area contributed by atoms with Crippen molar-refractivity contribution in [3.8, 4) is 17.6 Å². The van der Waals surface area contributed by atoms with Crippen LogP contribution in [0.1, 0.15) is 29.8 Å². The smallest absolute Gasteiger partial charge is 0.387 e. The lowest BCUT2D eigenvalue weighted by Crippen LogP contribution is -2.31. The van der Waals surface area contributed by atoms with E-state index in [1.165, 1.54) is 29.7 Å². The molecule has 12 heteroatoms. The zero-order valence-corrected chi connectivity index (χ0v) is 18.8. The van der Waals surface area contributed by atoms with Crippen LogP contribution < -0.4 is 10.1 Å². The molecular formula is C21H18ClF2N5O3S. The van der Waals surface area contributed by atoms with Crippen LogP contribution in [0.4, 0.5) is 13.9 Å². The van der Waals surface area contributed by atoms with Crippen LogP contribution in [0.5, 0.6) is 5.75 Å². The molecule has 1 aliphatic heterocycles. The topological polar surface area (TPSA) is 100 Å². The molecule has 0 spiro atoms. The summed E-state index contributed by atoms with van der Waals surface area (Å²) in [5.41, 5.74) is 0.328. The summed E-state index contributed by atoms with van der Waals surface area (Å²) in [6, 6.07) is 1.30. The van der Waals surface area contributed by atoms with Gasteiger partial charge in [0.25, 0.3) is 5.91 Å². The van der Waals surface area contributed by atoms with Crippen LogP contribution in [-0.2, 0) is 4.79 Å². The molecule has 1 unspecified atom stereocenters. The van der Waals surface area contributed by atoms with Crippen LogP contribution in [0.3, 0.4) is 0 Å². The zero-order valence-electron chi connectivity index (χ0n) is 17.3. The Morgan fingerprint density at radius 3 is 2.91 bits per heavy atom. The number of alkyl halides is 2. The van der Waals surface area contributed by atoms with E-state index in [0.29, 0.717) is 10.9 Å². The molecule has 1 aliphatic carbocycles. The van der Waals surface area contributed by atoms with E-state index in [1.807, 2.05) is 0 Å². The van der Waals surface area contributed by atoms with Gasteiger partial charge in [-0.25, -0.2) is 4.98 Å². The molecule has 2 aromatic rings. The van der Waals surface area contributed by atoms with Gasteiger partial charge < -0.3 is 14.7 Å². The summed E-state index contributed by atoms with van der Waals surface area (Å²) in [4.78, 5) is 18.2. The molecule has 0 saturated heterocycles. The first kappa shape index (κ1) is 23.1. The standard InChI is InChI=1S/C21H18ClF2N5O3S/c1-29-10-14(12-7-16(22)25-9-15(12)32-20(23)24)13(8-18(29)30)19(31)26-21-28-27-17(33-21)6-5-11-3-2-4-11/h7-11,18,20,30H,2-4H2,1H3,(H,26,28,31). The quantitative estimate of drug-likeness (QED) is 0.485. The number of nitrogens with one attached hydrogen (secondary N) is 1.